The predicted molar refractivity (Wildman–Crippen MR) is 84.7 cm³/mol. The lowest BCUT2D eigenvalue weighted by atomic mass is 9.81. The smallest absolute Gasteiger partial charge is 0.282 e. The minimum atomic E-state index is 0.0860. The van der Waals surface area contributed by atoms with E-state index in [1.165, 1.54) is 16.7 Å². The van der Waals surface area contributed by atoms with Crippen molar-refractivity contribution in [3.8, 4) is 0 Å². The summed E-state index contributed by atoms with van der Waals surface area (Å²) >= 11 is 0. The number of amidine groups is 1. The number of hydrogen-bond donors (Lipinski definition) is 3. The number of nitrogens with one attached hydrogen (secondary N) is 2. The van der Waals surface area contributed by atoms with Gasteiger partial charge >= 0.3 is 0 Å². The molecule has 0 aliphatic carbocycles. The number of hydrogen-bond acceptors (Lipinski definition) is 5. The van der Waals surface area contributed by atoms with Crippen molar-refractivity contribution in [2.75, 3.05) is 26.2 Å². The zero-order chi connectivity index (χ0) is 14.8. The van der Waals surface area contributed by atoms with E-state index in [-0.39, 0.29) is 12.0 Å². The normalized spacial score (nSPS) is 27.0. The second-order valence-corrected chi connectivity index (χ2v) is 5.93. The molecule has 0 radical (unpaired) electrons. The Hall–Kier alpha value is -1.59. The lowest BCUT2D eigenvalue weighted by Gasteiger charge is -2.35. The molecule has 114 valence electrons. The minimum Gasteiger partial charge on any atom is -0.463 e. The molecule has 5 nitrogen and oxygen atoms in total. The number of rotatable bonds is 3. The van der Waals surface area contributed by atoms with E-state index in [2.05, 4.69) is 47.7 Å². The molecule has 1 fully saturated rings. The van der Waals surface area contributed by atoms with Crippen LogP contribution in [-0.4, -0.2) is 44.3 Å². The van der Waals surface area contributed by atoms with Gasteiger partial charge in [-0.05, 0) is 30.5 Å². The third-order valence-corrected chi connectivity index (χ3v) is 4.62. The Balaban J connectivity index is 1.96. The van der Waals surface area contributed by atoms with Crippen molar-refractivity contribution >= 4 is 6.02 Å². The highest BCUT2D eigenvalue weighted by Crippen LogP contribution is 2.32. The van der Waals surface area contributed by atoms with Crippen LogP contribution < -0.4 is 16.4 Å². The first-order chi connectivity index (χ1) is 10.2. The van der Waals surface area contributed by atoms with Crippen molar-refractivity contribution in [1.29, 1.82) is 0 Å². The molecule has 5 heteroatoms. The topological polar surface area (TPSA) is 71.7 Å². The van der Waals surface area contributed by atoms with Crippen LogP contribution in [-0.2, 0) is 4.74 Å². The molecule has 1 aromatic carbocycles. The molecule has 1 saturated heterocycles. The number of ether oxygens (including phenoxy) is 1. The van der Waals surface area contributed by atoms with Gasteiger partial charge in [-0.25, -0.2) is 4.99 Å². The van der Waals surface area contributed by atoms with Crippen LogP contribution in [0.15, 0.2) is 23.2 Å². The van der Waals surface area contributed by atoms with Crippen molar-refractivity contribution in [2.45, 2.75) is 31.8 Å². The Kier molecular flexibility index (Phi) is 4.12. The van der Waals surface area contributed by atoms with Gasteiger partial charge in [0.05, 0.1) is 6.04 Å². The zero-order valence-electron chi connectivity index (χ0n) is 12.7. The van der Waals surface area contributed by atoms with Gasteiger partial charge in [-0.1, -0.05) is 18.2 Å². The Morgan fingerprint density at radius 1 is 1.33 bits per heavy atom. The van der Waals surface area contributed by atoms with Crippen LogP contribution in [0.5, 0.6) is 0 Å². The van der Waals surface area contributed by atoms with Crippen molar-refractivity contribution in [3.63, 3.8) is 0 Å². The third-order valence-electron chi connectivity index (χ3n) is 4.62. The van der Waals surface area contributed by atoms with Crippen molar-refractivity contribution in [3.05, 3.63) is 34.9 Å². The first kappa shape index (κ1) is 14.4. The fourth-order valence-corrected chi connectivity index (χ4v) is 3.35. The summed E-state index contributed by atoms with van der Waals surface area (Å²) in [6.07, 6.45) is 0. The molecule has 3 atom stereocenters. The molecule has 2 aliphatic rings. The SMILES string of the molecule is Cc1cccc(C(C2COC(N)=N2)C2CNCCN2)c1C. The number of nitrogens with zero attached hydrogens (tertiary/aromatic N) is 1. The van der Waals surface area contributed by atoms with E-state index in [9.17, 15) is 0 Å². The first-order valence-corrected chi connectivity index (χ1v) is 7.63. The summed E-state index contributed by atoms with van der Waals surface area (Å²) in [6, 6.07) is 7.26. The molecule has 3 rings (SSSR count). The van der Waals surface area contributed by atoms with E-state index in [0.29, 0.717) is 18.7 Å². The standard InChI is InChI=1S/C16H24N4O/c1-10-4-3-5-12(11(10)2)15(13-8-18-6-7-19-13)14-9-21-16(17)20-14/h3-5,13-15,18-19H,6-9H2,1-2H3,(H2,17,20). The van der Waals surface area contributed by atoms with Crippen molar-refractivity contribution in [2.24, 2.45) is 10.7 Å². The van der Waals surface area contributed by atoms with Gasteiger partial charge in [0, 0.05) is 31.6 Å². The lowest BCUT2D eigenvalue weighted by molar-refractivity contribution is 0.265. The quantitative estimate of drug-likeness (QED) is 0.764. The van der Waals surface area contributed by atoms with E-state index in [4.69, 9.17) is 10.5 Å². The monoisotopic (exact) mass is 288 g/mol. The highest BCUT2D eigenvalue weighted by atomic mass is 16.5. The second kappa shape index (κ2) is 6.03. The average Bonchev–Trinajstić information content (AvgIpc) is 2.91. The Bertz CT molecular complexity index is 537. The van der Waals surface area contributed by atoms with Gasteiger partial charge in [-0.3, -0.25) is 0 Å². The first-order valence-electron chi connectivity index (χ1n) is 7.63. The van der Waals surface area contributed by atoms with Crippen LogP contribution in [0, 0.1) is 13.8 Å². The summed E-state index contributed by atoms with van der Waals surface area (Å²) in [6.45, 7) is 7.87. The van der Waals surface area contributed by atoms with Gasteiger partial charge in [0.1, 0.15) is 6.61 Å². The van der Waals surface area contributed by atoms with Gasteiger partial charge < -0.3 is 21.1 Å². The molecule has 2 heterocycles. The van der Waals surface area contributed by atoms with Gasteiger partial charge in [0.2, 0.25) is 0 Å². The van der Waals surface area contributed by atoms with E-state index in [1.807, 2.05) is 0 Å². The summed E-state index contributed by atoms with van der Waals surface area (Å²) in [7, 11) is 0. The molecular formula is C16H24N4O. The minimum absolute atomic E-state index is 0.0860. The Labute approximate surface area is 126 Å². The van der Waals surface area contributed by atoms with Gasteiger partial charge in [0.15, 0.2) is 0 Å². The Morgan fingerprint density at radius 3 is 2.86 bits per heavy atom. The molecule has 0 bridgehead atoms. The van der Waals surface area contributed by atoms with Crippen LogP contribution in [0.2, 0.25) is 0 Å². The van der Waals surface area contributed by atoms with Crippen LogP contribution in [0.3, 0.4) is 0 Å². The van der Waals surface area contributed by atoms with Gasteiger partial charge in [-0.15, -0.1) is 0 Å². The molecule has 4 N–H and O–H groups in total. The third kappa shape index (κ3) is 2.89. The number of piperazine rings is 1. The summed E-state index contributed by atoms with van der Waals surface area (Å²) in [4.78, 5) is 4.52. The molecule has 21 heavy (non-hydrogen) atoms. The molecule has 2 aliphatic heterocycles. The van der Waals surface area contributed by atoms with Crippen LogP contribution >= 0.6 is 0 Å². The highest BCUT2D eigenvalue weighted by molar-refractivity contribution is 5.73. The molecular weight excluding hydrogens is 264 g/mol. The molecule has 1 aromatic rings. The van der Waals surface area contributed by atoms with Crippen LogP contribution in [0.1, 0.15) is 22.6 Å². The number of aryl methyl sites for hydroxylation is 1. The van der Waals surface area contributed by atoms with Crippen LogP contribution in [0.4, 0.5) is 0 Å². The van der Waals surface area contributed by atoms with E-state index < -0.39 is 0 Å². The average molecular weight is 288 g/mol. The summed E-state index contributed by atoms with van der Waals surface area (Å²) in [5.41, 5.74) is 9.74. The summed E-state index contributed by atoms with van der Waals surface area (Å²) < 4.78 is 5.41. The van der Waals surface area contributed by atoms with Gasteiger partial charge in [-0.2, -0.15) is 0 Å². The lowest BCUT2D eigenvalue weighted by Crippen LogP contribution is -2.53. The fraction of sp³-hybridized carbons (Fsp3) is 0.562. The molecule has 0 aromatic heterocycles. The van der Waals surface area contributed by atoms with Crippen LogP contribution in [0.25, 0.3) is 0 Å². The largest absolute Gasteiger partial charge is 0.463 e. The maximum atomic E-state index is 5.73. The van der Waals surface area contributed by atoms with E-state index in [1.54, 1.807) is 0 Å². The fourth-order valence-electron chi connectivity index (χ4n) is 3.35. The molecule has 3 unspecified atom stereocenters. The van der Waals surface area contributed by atoms with Crippen molar-refractivity contribution in [1.82, 2.24) is 10.6 Å². The maximum Gasteiger partial charge on any atom is 0.282 e. The molecule has 0 spiro atoms. The maximum absolute atomic E-state index is 5.73. The number of nitrogens with two attached hydrogens (primary N) is 1. The Morgan fingerprint density at radius 2 is 2.19 bits per heavy atom. The predicted octanol–water partition coefficient (Wildman–Crippen LogP) is 0.662. The zero-order valence-corrected chi connectivity index (χ0v) is 12.7. The summed E-state index contributed by atoms with van der Waals surface area (Å²) in [5, 5.41) is 7.10. The van der Waals surface area contributed by atoms with Crippen molar-refractivity contribution < 1.29 is 4.74 Å². The number of benzene rings is 1. The second-order valence-electron chi connectivity index (χ2n) is 5.93. The molecule has 0 saturated carbocycles. The van der Waals surface area contributed by atoms with E-state index in [0.717, 1.165) is 19.6 Å². The summed E-state index contributed by atoms with van der Waals surface area (Å²) in [5.74, 6) is 0.277. The van der Waals surface area contributed by atoms with E-state index >= 15 is 0 Å². The molecule has 0 amide bonds. The highest BCUT2D eigenvalue weighted by Gasteiger charge is 2.35. The number of aliphatic imine (C=N–C) groups is 1. The van der Waals surface area contributed by atoms with Gasteiger partial charge in [0.25, 0.3) is 6.02 Å².